The van der Waals surface area contributed by atoms with E-state index in [1.54, 1.807) is 0 Å². The summed E-state index contributed by atoms with van der Waals surface area (Å²) in [5, 5.41) is 85.0. The second-order valence-corrected chi connectivity index (χ2v) is 5.38. The predicted molar refractivity (Wildman–Crippen MR) is 69.9 cm³/mol. The molecule has 11 heteroatoms. The molecule has 1 rings (SSSR count). The largest absolute Gasteiger partial charge is 0.394 e. The Labute approximate surface area is 130 Å². The van der Waals surface area contributed by atoms with Crippen molar-refractivity contribution in [1.29, 1.82) is 0 Å². The van der Waals surface area contributed by atoms with Gasteiger partial charge in [0.1, 0.15) is 42.7 Å². The normalized spacial score (nSPS) is 36.5. The summed E-state index contributed by atoms with van der Waals surface area (Å²) in [6.07, 6.45) is -13.9. The topological polar surface area (TPSA) is 208 Å². The molecule has 0 bridgehead atoms. The minimum absolute atomic E-state index is 0.782. The van der Waals surface area contributed by atoms with Crippen LogP contribution < -0.4 is 0 Å². The summed E-state index contributed by atoms with van der Waals surface area (Å²) in [5.74, 6) is -1.52. The second-order valence-electron chi connectivity index (χ2n) is 5.38. The van der Waals surface area contributed by atoms with Gasteiger partial charge in [0.15, 0.2) is 11.4 Å². The molecule has 1 heterocycles. The van der Waals surface area contributed by atoms with Crippen LogP contribution >= 0.6 is 0 Å². The van der Waals surface area contributed by atoms with E-state index in [1.807, 2.05) is 0 Å². The van der Waals surface area contributed by atoms with Crippen LogP contribution in [0.3, 0.4) is 0 Å². The van der Waals surface area contributed by atoms with Gasteiger partial charge in [-0.15, -0.1) is 0 Å². The molecule has 0 radical (unpaired) electrons. The number of carbonyl (C=O) groups is 1. The molecule has 0 saturated carbocycles. The number of hydrogen-bond donors (Lipinski definition) is 9. The predicted octanol–water partition coefficient (Wildman–Crippen LogP) is -6.16. The molecular weight excluding hydrogens is 320 g/mol. The highest BCUT2D eigenvalue weighted by Gasteiger charge is 2.60. The zero-order chi connectivity index (χ0) is 17.9. The van der Waals surface area contributed by atoms with Crippen LogP contribution in [0.2, 0.25) is 0 Å². The molecule has 11 nitrogen and oxygen atoms in total. The maximum atomic E-state index is 12.0. The van der Waals surface area contributed by atoms with Gasteiger partial charge in [-0.1, -0.05) is 0 Å². The van der Waals surface area contributed by atoms with Gasteiger partial charge in [-0.25, -0.2) is 0 Å². The van der Waals surface area contributed by atoms with Crippen LogP contribution in [0.15, 0.2) is 0 Å². The molecule has 0 aromatic heterocycles. The minimum atomic E-state index is -2.44. The van der Waals surface area contributed by atoms with Crippen molar-refractivity contribution in [3.63, 3.8) is 0 Å². The van der Waals surface area contributed by atoms with Crippen LogP contribution in [0.4, 0.5) is 0 Å². The third kappa shape index (κ3) is 3.53. The summed E-state index contributed by atoms with van der Waals surface area (Å²) >= 11 is 0. The number of Topliss-reactive ketones (excluding diaryl/α,β-unsaturated/α-hetero) is 1. The molecular formula is C12H22O11. The summed E-state index contributed by atoms with van der Waals surface area (Å²) < 4.78 is 5.00. The van der Waals surface area contributed by atoms with Gasteiger partial charge in [0.05, 0.1) is 19.8 Å². The molecule has 1 saturated heterocycles. The van der Waals surface area contributed by atoms with Gasteiger partial charge in [0.2, 0.25) is 0 Å². The van der Waals surface area contributed by atoms with Crippen LogP contribution in [0.25, 0.3) is 0 Å². The molecule has 0 amide bonds. The third-order valence-corrected chi connectivity index (χ3v) is 3.93. The Morgan fingerprint density at radius 1 is 1.09 bits per heavy atom. The second kappa shape index (κ2) is 7.90. The van der Waals surface area contributed by atoms with Gasteiger partial charge in [-0.3, -0.25) is 4.79 Å². The highest BCUT2D eigenvalue weighted by molar-refractivity contribution is 5.89. The van der Waals surface area contributed by atoms with Crippen LogP contribution in [-0.2, 0) is 9.53 Å². The van der Waals surface area contributed by atoms with Crippen LogP contribution in [-0.4, -0.2) is 120 Å². The Morgan fingerprint density at radius 3 is 2.04 bits per heavy atom. The Balaban J connectivity index is 3.00. The van der Waals surface area contributed by atoms with E-state index in [0.29, 0.717) is 0 Å². The zero-order valence-corrected chi connectivity index (χ0v) is 12.0. The molecule has 0 aromatic rings. The van der Waals surface area contributed by atoms with E-state index in [0.717, 1.165) is 0 Å². The number of ether oxygens (including phenoxy) is 1. The first-order valence-corrected chi connectivity index (χ1v) is 6.80. The Morgan fingerprint density at radius 2 is 1.65 bits per heavy atom. The number of aliphatic hydroxyl groups excluding tert-OH is 9. The molecule has 0 spiro atoms. The monoisotopic (exact) mass is 342 g/mol. The number of carbonyl (C=O) groups excluding carboxylic acids is 1. The molecule has 136 valence electrons. The van der Waals surface area contributed by atoms with Crippen LogP contribution in [0, 0.1) is 0 Å². The summed E-state index contributed by atoms with van der Waals surface area (Å²) in [6, 6.07) is 0. The summed E-state index contributed by atoms with van der Waals surface area (Å²) in [4.78, 5) is 12.0. The maximum Gasteiger partial charge on any atom is 0.195 e. The fraction of sp³-hybridized carbons (Fsp3) is 0.917. The molecule has 0 aromatic carbocycles. The van der Waals surface area contributed by atoms with Crippen molar-refractivity contribution in [2.24, 2.45) is 0 Å². The lowest BCUT2D eigenvalue weighted by molar-refractivity contribution is -0.192. The smallest absolute Gasteiger partial charge is 0.195 e. The molecule has 1 aliphatic rings. The summed E-state index contributed by atoms with van der Waals surface area (Å²) in [7, 11) is 0. The number of ketones is 1. The van der Waals surface area contributed by atoms with Crippen molar-refractivity contribution in [3.05, 3.63) is 0 Å². The lowest BCUT2D eigenvalue weighted by Gasteiger charge is -2.35. The molecule has 9 N–H and O–H groups in total. The average Bonchev–Trinajstić information content (AvgIpc) is 2.83. The third-order valence-electron chi connectivity index (χ3n) is 3.93. The molecule has 0 aliphatic carbocycles. The van der Waals surface area contributed by atoms with Gasteiger partial charge in [0.25, 0.3) is 0 Å². The van der Waals surface area contributed by atoms with Crippen molar-refractivity contribution in [3.8, 4) is 0 Å². The van der Waals surface area contributed by atoms with E-state index in [1.165, 1.54) is 0 Å². The molecule has 1 aliphatic heterocycles. The number of hydrogen-bond acceptors (Lipinski definition) is 11. The lowest BCUT2D eigenvalue weighted by Crippen LogP contribution is -2.61. The van der Waals surface area contributed by atoms with Crippen molar-refractivity contribution >= 4 is 5.78 Å². The Kier molecular flexibility index (Phi) is 6.97. The van der Waals surface area contributed by atoms with Gasteiger partial charge >= 0.3 is 0 Å². The van der Waals surface area contributed by atoms with Gasteiger partial charge in [0, 0.05) is 0 Å². The fourth-order valence-electron chi connectivity index (χ4n) is 2.39. The van der Waals surface area contributed by atoms with Crippen molar-refractivity contribution in [1.82, 2.24) is 0 Å². The van der Waals surface area contributed by atoms with Crippen LogP contribution in [0.1, 0.15) is 0 Å². The van der Waals surface area contributed by atoms with E-state index in [-0.39, 0.29) is 0 Å². The van der Waals surface area contributed by atoms with E-state index in [9.17, 15) is 40.5 Å². The van der Waals surface area contributed by atoms with E-state index < -0.39 is 73.9 Å². The first-order valence-electron chi connectivity index (χ1n) is 6.80. The van der Waals surface area contributed by atoms with Crippen molar-refractivity contribution in [2.45, 2.75) is 48.3 Å². The van der Waals surface area contributed by atoms with Gasteiger partial charge < -0.3 is 50.7 Å². The SMILES string of the molecule is O=C(C(O)[C@]1(CO)O[C@H](CO)[C@@H](O)[C@@H]1O)[C@@H](O)[C@H](O)[C@H](O)CO. The average molecular weight is 342 g/mol. The van der Waals surface area contributed by atoms with Crippen molar-refractivity contribution in [2.75, 3.05) is 19.8 Å². The highest BCUT2D eigenvalue weighted by Crippen LogP contribution is 2.35. The van der Waals surface area contributed by atoms with E-state index >= 15 is 0 Å². The Hall–Kier alpha value is -0.730. The van der Waals surface area contributed by atoms with E-state index in [4.69, 9.17) is 14.9 Å². The lowest BCUT2D eigenvalue weighted by atomic mass is 9.84. The van der Waals surface area contributed by atoms with E-state index in [2.05, 4.69) is 0 Å². The van der Waals surface area contributed by atoms with Crippen molar-refractivity contribution < 1.29 is 55.5 Å². The molecule has 1 unspecified atom stereocenters. The first-order chi connectivity index (χ1) is 10.7. The molecule has 23 heavy (non-hydrogen) atoms. The fourth-order valence-corrected chi connectivity index (χ4v) is 2.39. The van der Waals surface area contributed by atoms with Gasteiger partial charge in [-0.05, 0) is 0 Å². The molecule has 8 atom stereocenters. The highest BCUT2D eigenvalue weighted by atomic mass is 16.6. The summed E-state index contributed by atoms with van der Waals surface area (Å²) in [6.45, 7) is -2.91. The molecule has 1 fully saturated rings. The Bertz CT molecular complexity index is 404. The first kappa shape index (κ1) is 20.3. The number of aliphatic hydroxyl groups is 9. The minimum Gasteiger partial charge on any atom is -0.394 e. The number of rotatable bonds is 8. The maximum absolute atomic E-state index is 12.0. The quantitative estimate of drug-likeness (QED) is 0.203. The standard InChI is InChI=1S/C12H22O11/c13-1-4(16)6(17)8(19)9(20)11(22)12(3-15)10(21)7(18)5(2-14)23-12/h4-8,10-11,13-19,21-22H,1-3H2/t4-,5-,6-,7-,8+,10+,11?,12-/m1/s1. The summed E-state index contributed by atoms with van der Waals surface area (Å²) in [5.41, 5.74) is -2.44. The zero-order valence-electron chi connectivity index (χ0n) is 12.0. The van der Waals surface area contributed by atoms with Crippen LogP contribution in [0.5, 0.6) is 0 Å². The van der Waals surface area contributed by atoms with Gasteiger partial charge in [-0.2, -0.15) is 0 Å².